The van der Waals surface area contributed by atoms with Crippen LogP contribution in [0.3, 0.4) is 0 Å². The fourth-order valence-corrected chi connectivity index (χ4v) is 3.24. The minimum Gasteiger partial charge on any atom is -0.455 e. The molecule has 1 amide bonds. The van der Waals surface area contributed by atoms with Crippen molar-refractivity contribution in [1.82, 2.24) is 5.32 Å². The van der Waals surface area contributed by atoms with Gasteiger partial charge in [0.1, 0.15) is 0 Å². The van der Waals surface area contributed by atoms with E-state index >= 15 is 0 Å². The van der Waals surface area contributed by atoms with Gasteiger partial charge in [-0.05, 0) is 30.7 Å². The van der Waals surface area contributed by atoms with Gasteiger partial charge in [-0.15, -0.1) is 0 Å². The van der Waals surface area contributed by atoms with Crippen LogP contribution in [-0.4, -0.2) is 24.5 Å². The number of amides is 1. The maximum absolute atomic E-state index is 12.2. The number of ether oxygens (including phenoxy) is 1. The van der Waals surface area contributed by atoms with Crippen LogP contribution in [0.4, 0.5) is 0 Å². The first-order valence-electron chi connectivity index (χ1n) is 8.62. The van der Waals surface area contributed by atoms with Crippen molar-refractivity contribution in [3.8, 4) is 0 Å². The number of rotatable bonds is 6. The van der Waals surface area contributed by atoms with Crippen molar-refractivity contribution in [2.75, 3.05) is 6.61 Å². The van der Waals surface area contributed by atoms with Gasteiger partial charge in [0.25, 0.3) is 5.91 Å². The third-order valence-corrected chi connectivity index (χ3v) is 4.70. The molecule has 23 heavy (non-hydrogen) atoms. The standard InChI is InChI=1S/C19H27NO3/c1-3-16(15-10-5-4-6-11-15)19(22)23-13-18(21)20-17-12-8-7-9-14(17)2/h4-6,10-11,14,16-17H,3,7-9,12-13H2,1-2H3,(H,20,21)/t14-,16-,17+/m0/s1. The molecule has 0 aliphatic heterocycles. The second kappa shape index (κ2) is 8.70. The predicted molar refractivity (Wildman–Crippen MR) is 90.0 cm³/mol. The second-order valence-electron chi connectivity index (χ2n) is 6.41. The van der Waals surface area contributed by atoms with Gasteiger partial charge in [-0.3, -0.25) is 9.59 Å². The topological polar surface area (TPSA) is 55.4 Å². The minimum absolute atomic E-state index is 0.189. The molecule has 0 bridgehead atoms. The Balaban J connectivity index is 1.82. The Kier molecular flexibility index (Phi) is 6.63. The molecular formula is C19H27NO3. The van der Waals surface area contributed by atoms with Crippen molar-refractivity contribution in [3.63, 3.8) is 0 Å². The summed E-state index contributed by atoms with van der Waals surface area (Å²) in [6.07, 6.45) is 5.21. The molecule has 3 atom stereocenters. The summed E-state index contributed by atoms with van der Waals surface area (Å²) in [5.41, 5.74) is 0.932. The zero-order chi connectivity index (χ0) is 16.7. The van der Waals surface area contributed by atoms with Crippen molar-refractivity contribution in [2.24, 2.45) is 5.92 Å². The number of hydrogen-bond donors (Lipinski definition) is 1. The summed E-state index contributed by atoms with van der Waals surface area (Å²) in [4.78, 5) is 24.3. The summed E-state index contributed by atoms with van der Waals surface area (Å²) in [5.74, 6) is -0.334. The SMILES string of the molecule is CC[C@H](C(=O)OCC(=O)N[C@@H]1CCCC[C@@H]1C)c1ccccc1. The highest BCUT2D eigenvalue weighted by atomic mass is 16.5. The van der Waals surface area contributed by atoms with Crippen molar-refractivity contribution < 1.29 is 14.3 Å². The van der Waals surface area contributed by atoms with Gasteiger partial charge in [0.05, 0.1) is 5.92 Å². The van der Waals surface area contributed by atoms with Gasteiger partial charge in [-0.25, -0.2) is 0 Å². The molecule has 126 valence electrons. The molecule has 4 nitrogen and oxygen atoms in total. The van der Waals surface area contributed by atoms with E-state index in [9.17, 15) is 9.59 Å². The Morgan fingerprint density at radius 1 is 1.22 bits per heavy atom. The average Bonchev–Trinajstić information content (AvgIpc) is 2.57. The van der Waals surface area contributed by atoms with Crippen LogP contribution in [-0.2, 0) is 14.3 Å². The third kappa shape index (κ3) is 5.08. The molecule has 1 aliphatic rings. The number of carbonyl (C=O) groups is 2. The van der Waals surface area contributed by atoms with Gasteiger partial charge in [0.15, 0.2) is 6.61 Å². The molecule has 0 radical (unpaired) electrons. The van der Waals surface area contributed by atoms with Crippen LogP contribution in [0, 0.1) is 5.92 Å². The van der Waals surface area contributed by atoms with Crippen LogP contribution in [0.2, 0.25) is 0 Å². The third-order valence-electron chi connectivity index (χ3n) is 4.70. The molecule has 1 saturated carbocycles. The van der Waals surface area contributed by atoms with E-state index in [0.29, 0.717) is 12.3 Å². The summed E-state index contributed by atoms with van der Waals surface area (Å²) >= 11 is 0. The first-order valence-corrected chi connectivity index (χ1v) is 8.62. The van der Waals surface area contributed by atoms with Crippen LogP contribution in [0.25, 0.3) is 0 Å². The molecule has 1 aromatic carbocycles. The molecular weight excluding hydrogens is 290 g/mol. The minimum atomic E-state index is -0.328. The van der Waals surface area contributed by atoms with Crippen LogP contribution >= 0.6 is 0 Å². The molecule has 1 fully saturated rings. The summed E-state index contributed by atoms with van der Waals surface area (Å²) in [6.45, 7) is 3.92. The van der Waals surface area contributed by atoms with E-state index in [1.807, 2.05) is 37.3 Å². The first-order chi connectivity index (χ1) is 11.1. The van der Waals surface area contributed by atoms with Gasteiger partial charge in [-0.1, -0.05) is 57.0 Å². The lowest BCUT2D eigenvalue weighted by Crippen LogP contribution is -2.43. The fraction of sp³-hybridized carbons (Fsp3) is 0.579. The number of benzene rings is 1. The second-order valence-corrected chi connectivity index (χ2v) is 6.41. The van der Waals surface area contributed by atoms with Crippen LogP contribution in [0.15, 0.2) is 30.3 Å². The maximum Gasteiger partial charge on any atom is 0.313 e. The molecule has 0 unspecified atom stereocenters. The highest BCUT2D eigenvalue weighted by molar-refractivity contribution is 5.83. The number of carbonyl (C=O) groups excluding carboxylic acids is 2. The Morgan fingerprint density at radius 2 is 1.91 bits per heavy atom. The lowest BCUT2D eigenvalue weighted by atomic mass is 9.86. The van der Waals surface area contributed by atoms with Crippen LogP contribution in [0.1, 0.15) is 57.4 Å². The quantitative estimate of drug-likeness (QED) is 0.818. The summed E-state index contributed by atoms with van der Waals surface area (Å²) in [7, 11) is 0. The normalized spacial score (nSPS) is 22.2. The Bertz CT molecular complexity index is 515. The molecule has 0 heterocycles. The predicted octanol–water partition coefficient (Wildman–Crippen LogP) is 3.42. The van der Waals surface area contributed by atoms with E-state index in [1.54, 1.807) is 0 Å². The molecule has 0 saturated heterocycles. The largest absolute Gasteiger partial charge is 0.455 e. The fourth-order valence-electron chi connectivity index (χ4n) is 3.24. The van der Waals surface area contributed by atoms with Crippen LogP contribution < -0.4 is 5.32 Å². The van der Waals surface area contributed by atoms with Crippen molar-refractivity contribution >= 4 is 11.9 Å². The Hall–Kier alpha value is -1.84. The highest BCUT2D eigenvalue weighted by Gasteiger charge is 2.24. The molecule has 0 spiro atoms. The first kappa shape index (κ1) is 17.5. The Morgan fingerprint density at radius 3 is 2.57 bits per heavy atom. The van der Waals surface area contributed by atoms with Gasteiger partial charge in [0, 0.05) is 6.04 Å². The molecule has 1 aliphatic carbocycles. The summed E-state index contributed by atoms with van der Waals surface area (Å²) in [5, 5.41) is 3.00. The van der Waals surface area contributed by atoms with E-state index in [4.69, 9.17) is 4.74 Å². The van der Waals surface area contributed by atoms with Crippen molar-refractivity contribution in [1.29, 1.82) is 0 Å². The molecule has 0 aromatic heterocycles. The molecule has 1 N–H and O–H groups in total. The monoisotopic (exact) mass is 317 g/mol. The average molecular weight is 317 g/mol. The lowest BCUT2D eigenvalue weighted by molar-refractivity contribution is -0.150. The van der Waals surface area contributed by atoms with E-state index in [0.717, 1.165) is 24.8 Å². The van der Waals surface area contributed by atoms with Gasteiger partial charge in [-0.2, -0.15) is 0 Å². The highest BCUT2D eigenvalue weighted by Crippen LogP contribution is 2.24. The lowest BCUT2D eigenvalue weighted by Gasteiger charge is -2.29. The Labute approximate surface area is 138 Å². The van der Waals surface area contributed by atoms with Crippen molar-refractivity contribution in [3.05, 3.63) is 35.9 Å². The molecule has 2 rings (SSSR count). The number of nitrogens with one attached hydrogen (secondary N) is 1. The zero-order valence-corrected chi connectivity index (χ0v) is 14.1. The number of esters is 1. The smallest absolute Gasteiger partial charge is 0.313 e. The van der Waals surface area contributed by atoms with E-state index in [-0.39, 0.29) is 30.4 Å². The van der Waals surface area contributed by atoms with Gasteiger partial charge >= 0.3 is 5.97 Å². The van der Waals surface area contributed by atoms with E-state index < -0.39 is 0 Å². The summed E-state index contributed by atoms with van der Waals surface area (Å²) < 4.78 is 5.24. The van der Waals surface area contributed by atoms with Gasteiger partial charge in [0.2, 0.25) is 0 Å². The van der Waals surface area contributed by atoms with Crippen molar-refractivity contribution in [2.45, 2.75) is 57.9 Å². The molecule has 4 heteroatoms. The maximum atomic E-state index is 12.2. The zero-order valence-electron chi connectivity index (χ0n) is 14.1. The summed E-state index contributed by atoms with van der Waals surface area (Å²) in [6, 6.07) is 9.77. The van der Waals surface area contributed by atoms with E-state index in [1.165, 1.54) is 6.42 Å². The number of hydrogen-bond acceptors (Lipinski definition) is 3. The van der Waals surface area contributed by atoms with Crippen LogP contribution in [0.5, 0.6) is 0 Å². The van der Waals surface area contributed by atoms with Gasteiger partial charge < -0.3 is 10.1 Å². The molecule has 1 aromatic rings. The van der Waals surface area contributed by atoms with E-state index in [2.05, 4.69) is 12.2 Å².